The van der Waals surface area contributed by atoms with Crippen LogP contribution in [-0.2, 0) is 11.2 Å². The van der Waals surface area contributed by atoms with Gasteiger partial charge < -0.3 is 10.1 Å². The number of hydrogen-bond acceptors (Lipinski definition) is 5. The van der Waals surface area contributed by atoms with Crippen LogP contribution in [0.15, 0.2) is 52.7 Å². The van der Waals surface area contributed by atoms with Crippen molar-refractivity contribution < 1.29 is 9.53 Å². The van der Waals surface area contributed by atoms with E-state index in [0.29, 0.717) is 18.2 Å². The third kappa shape index (κ3) is 5.94. The summed E-state index contributed by atoms with van der Waals surface area (Å²) in [5.41, 5.74) is 4.52. The molecule has 29 heavy (non-hydrogen) atoms. The third-order valence-corrected chi connectivity index (χ3v) is 5.86. The van der Waals surface area contributed by atoms with Crippen molar-refractivity contribution in [2.45, 2.75) is 45.3 Å². The molecule has 0 bridgehead atoms. The molecular formula is C23H27N3O2S. The van der Waals surface area contributed by atoms with Gasteiger partial charge in [-0.1, -0.05) is 55.4 Å². The van der Waals surface area contributed by atoms with Crippen LogP contribution in [0.5, 0.6) is 5.75 Å². The van der Waals surface area contributed by atoms with Crippen LogP contribution in [0, 0.1) is 13.8 Å². The van der Waals surface area contributed by atoms with Gasteiger partial charge in [-0.05, 0) is 55.5 Å². The Morgan fingerprint density at radius 3 is 2.79 bits per heavy atom. The van der Waals surface area contributed by atoms with Gasteiger partial charge >= 0.3 is 0 Å². The molecule has 6 heteroatoms. The van der Waals surface area contributed by atoms with Gasteiger partial charge in [0.15, 0.2) is 5.17 Å². The van der Waals surface area contributed by atoms with Crippen LogP contribution in [-0.4, -0.2) is 29.1 Å². The van der Waals surface area contributed by atoms with Crippen LogP contribution in [0.3, 0.4) is 0 Å². The minimum atomic E-state index is -0.185. The molecule has 152 valence electrons. The summed E-state index contributed by atoms with van der Waals surface area (Å²) in [5.74, 6) is 0.770. The molecule has 0 aliphatic carbocycles. The number of hydrogen-bond donors (Lipinski definition) is 1. The zero-order chi connectivity index (χ0) is 20.6. The summed E-state index contributed by atoms with van der Waals surface area (Å²) in [6.07, 6.45) is 4.44. The van der Waals surface area contributed by atoms with E-state index in [4.69, 9.17) is 4.74 Å². The number of carbonyl (C=O) groups excluding carboxylic acids is 1. The Balaban J connectivity index is 1.62. The second-order valence-electron chi connectivity index (χ2n) is 7.11. The van der Waals surface area contributed by atoms with E-state index in [1.807, 2.05) is 24.3 Å². The number of carbonyl (C=O) groups is 1. The van der Waals surface area contributed by atoms with Gasteiger partial charge in [-0.3, -0.25) is 4.79 Å². The standard InChI is InChI=1S/C23H27N3O2S/c1-4-5-12-28-20-9-7-6-8-19(20)15-24-26-23-25-22(27)21(29-23)14-18-11-10-16(2)17(3)13-18/h6-11,13,15,21H,4-5,12,14H2,1-3H3,(H,25,26,27)/b24-15-/t21-/m1/s1. The van der Waals surface area contributed by atoms with Gasteiger partial charge in [0.25, 0.3) is 0 Å². The lowest BCUT2D eigenvalue weighted by Gasteiger charge is -2.08. The number of nitrogens with zero attached hydrogens (tertiary/aromatic N) is 2. The van der Waals surface area contributed by atoms with Crippen molar-refractivity contribution in [3.05, 3.63) is 64.7 Å². The lowest BCUT2D eigenvalue weighted by atomic mass is 10.0. The van der Waals surface area contributed by atoms with Crippen molar-refractivity contribution in [1.29, 1.82) is 0 Å². The van der Waals surface area contributed by atoms with E-state index in [1.54, 1.807) is 6.21 Å². The minimum absolute atomic E-state index is 0.0227. The Labute approximate surface area is 176 Å². The summed E-state index contributed by atoms with van der Waals surface area (Å²) in [4.78, 5) is 12.3. The second-order valence-corrected chi connectivity index (χ2v) is 8.30. The highest BCUT2D eigenvalue weighted by Gasteiger charge is 2.30. The Morgan fingerprint density at radius 1 is 1.17 bits per heavy atom. The number of nitrogens with one attached hydrogen (secondary N) is 1. The number of unbranched alkanes of at least 4 members (excludes halogenated alkanes) is 1. The minimum Gasteiger partial charge on any atom is -0.493 e. The molecule has 1 N–H and O–H groups in total. The Bertz CT molecular complexity index is 924. The highest BCUT2D eigenvalue weighted by atomic mass is 32.2. The average molecular weight is 410 g/mol. The van der Waals surface area contributed by atoms with Crippen molar-refractivity contribution in [1.82, 2.24) is 5.32 Å². The van der Waals surface area contributed by atoms with Crippen molar-refractivity contribution in [2.75, 3.05) is 6.61 Å². The van der Waals surface area contributed by atoms with Gasteiger partial charge in [0.1, 0.15) is 5.75 Å². The zero-order valence-corrected chi connectivity index (χ0v) is 18.0. The number of amidine groups is 1. The average Bonchev–Trinajstić information content (AvgIpc) is 3.05. The van der Waals surface area contributed by atoms with Gasteiger partial charge in [-0.15, -0.1) is 5.10 Å². The predicted octanol–water partition coefficient (Wildman–Crippen LogP) is 4.65. The molecule has 1 saturated heterocycles. The fourth-order valence-corrected chi connectivity index (χ4v) is 3.88. The van der Waals surface area contributed by atoms with Crippen molar-refractivity contribution >= 4 is 29.1 Å². The SMILES string of the molecule is CCCCOc1ccccc1/C=N\N=C1/NC(=O)[C@@H](Cc2ccc(C)c(C)c2)S1. The Hall–Kier alpha value is -2.60. The molecule has 0 radical (unpaired) electrons. The largest absolute Gasteiger partial charge is 0.493 e. The molecule has 2 aromatic carbocycles. The van der Waals surface area contributed by atoms with E-state index in [2.05, 4.69) is 54.5 Å². The number of rotatable bonds is 8. The number of aryl methyl sites for hydroxylation is 2. The summed E-state index contributed by atoms with van der Waals surface area (Å²) < 4.78 is 5.80. The fraction of sp³-hybridized carbons (Fsp3) is 0.348. The topological polar surface area (TPSA) is 63.1 Å². The molecule has 3 rings (SSSR count). The Morgan fingerprint density at radius 2 is 2.00 bits per heavy atom. The third-order valence-electron chi connectivity index (χ3n) is 4.79. The molecule has 2 aromatic rings. The first-order valence-corrected chi connectivity index (χ1v) is 10.8. The smallest absolute Gasteiger partial charge is 0.239 e. The number of para-hydroxylation sites is 1. The van der Waals surface area contributed by atoms with E-state index >= 15 is 0 Å². The van der Waals surface area contributed by atoms with Crippen LogP contribution < -0.4 is 10.1 Å². The van der Waals surface area contributed by atoms with E-state index in [-0.39, 0.29) is 11.2 Å². The zero-order valence-electron chi connectivity index (χ0n) is 17.1. The molecule has 1 aliphatic rings. The van der Waals surface area contributed by atoms with Gasteiger partial charge in [-0.25, -0.2) is 0 Å². The molecule has 1 fully saturated rings. The summed E-state index contributed by atoms with van der Waals surface area (Å²) in [6.45, 7) is 6.99. The van der Waals surface area contributed by atoms with Crippen LogP contribution in [0.1, 0.15) is 42.0 Å². The highest BCUT2D eigenvalue weighted by Crippen LogP contribution is 2.24. The molecule has 1 atom stereocenters. The molecule has 5 nitrogen and oxygen atoms in total. The molecule has 0 aromatic heterocycles. The Kier molecular flexibility index (Phi) is 7.47. The van der Waals surface area contributed by atoms with E-state index in [0.717, 1.165) is 29.7 Å². The van der Waals surface area contributed by atoms with Crippen LogP contribution in [0.4, 0.5) is 0 Å². The normalized spacial score (nSPS) is 17.8. The summed E-state index contributed by atoms with van der Waals surface area (Å²) >= 11 is 1.42. The first-order chi connectivity index (χ1) is 14.1. The quantitative estimate of drug-likeness (QED) is 0.392. The lowest BCUT2D eigenvalue weighted by Crippen LogP contribution is -2.26. The van der Waals surface area contributed by atoms with Gasteiger partial charge in [0.05, 0.1) is 18.1 Å². The monoisotopic (exact) mass is 409 g/mol. The maximum Gasteiger partial charge on any atom is 0.239 e. The van der Waals surface area contributed by atoms with Gasteiger partial charge in [0, 0.05) is 5.56 Å². The second kappa shape index (κ2) is 10.3. The number of benzene rings is 2. The van der Waals surface area contributed by atoms with Crippen molar-refractivity contribution in [3.8, 4) is 5.75 Å². The fourth-order valence-electron chi connectivity index (χ4n) is 2.92. The van der Waals surface area contributed by atoms with E-state index in [1.165, 1.54) is 22.9 Å². The van der Waals surface area contributed by atoms with Crippen molar-refractivity contribution in [2.24, 2.45) is 10.2 Å². The van der Waals surface area contributed by atoms with Gasteiger partial charge in [-0.2, -0.15) is 5.10 Å². The first kappa shape index (κ1) is 21.1. The highest BCUT2D eigenvalue weighted by molar-refractivity contribution is 8.15. The molecule has 1 heterocycles. The maximum atomic E-state index is 12.3. The van der Waals surface area contributed by atoms with Crippen LogP contribution >= 0.6 is 11.8 Å². The summed E-state index contributed by atoms with van der Waals surface area (Å²) in [5, 5.41) is 11.5. The first-order valence-electron chi connectivity index (χ1n) is 9.93. The van der Waals surface area contributed by atoms with E-state index < -0.39 is 0 Å². The molecule has 1 amide bonds. The molecule has 0 unspecified atom stereocenters. The van der Waals surface area contributed by atoms with Crippen LogP contribution in [0.2, 0.25) is 0 Å². The van der Waals surface area contributed by atoms with Gasteiger partial charge in [0.2, 0.25) is 5.91 Å². The number of thioether (sulfide) groups is 1. The predicted molar refractivity (Wildman–Crippen MR) is 121 cm³/mol. The summed E-state index contributed by atoms with van der Waals surface area (Å²) in [7, 11) is 0. The molecule has 0 spiro atoms. The number of amides is 1. The molecular weight excluding hydrogens is 382 g/mol. The molecule has 0 saturated carbocycles. The summed E-state index contributed by atoms with van der Waals surface area (Å²) in [6, 6.07) is 14.1. The molecule has 1 aliphatic heterocycles. The maximum absolute atomic E-state index is 12.3. The lowest BCUT2D eigenvalue weighted by molar-refractivity contribution is -0.118. The van der Waals surface area contributed by atoms with E-state index in [9.17, 15) is 4.79 Å². The van der Waals surface area contributed by atoms with Crippen molar-refractivity contribution in [3.63, 3.8) is 0 Å². The number of ether oxygens (including phenoxy) is 1. The van der Waals surface area contributed by atoms with Crippen LogP contribution in [0.25, 0.3) is 0 Å².